The molecule has 3 rings (SSSR count). The maximum absolute atomic E-state index is 5.51. The lowest BCUT2D eigenvalue weighted by Crippen LogP contribution is -2.17. The first kappa shape index (κ1) is 10.7. The standard InChI is InChI=1S/C14H18N2O/c1-16-11-7-9-15-8-6-10(11)14-12(16)4-3-5-13(14)17-2/h3-5,15H,6-9H2,1-2H3. The van der Waals surface area contributed by atoms with Crippen molar-refractivity contribution in [1.29, 1.82) is 0 Å². The van der Waals surface area contributed by atoms with Crippen molar-refractivity contribution in [2.45, 2.75) is 12.8 Å². The third-order valence-corrected chi connectivity index (χ3v) is 3.73. The van der Waals surface area contributed by atoms with Gasteiger partial charge >= 0.3 is 0 Å². The third-order valence-electron chi connectivity index (χ3n) is 3.73. The number of rotatable bonds is 1. The maximum Gasteiger partial charge on any atom is 0.128 e. The predicted octanol–water partition coefficient (Wildman–Crippen LogP) is 1.88. The van der Waals surface area contributed by atoms with Crippen LogP contribution >= 0.6 is 0 Å². The highest BCUT2D eigenvalue weighted by Gasteiger charge is 2.19. The topological polar surface area (TPSA) is 26.2 Å². The SMILES string of the molecule is COc1cccc2c1c1c(n2C)CCNCC1. The van der Waals surface area contributed by atoms with Gasteiger partial charge in [0, 0.05) is 31.1 Å². The van der Waals surface area contributed by atoms with E-state index in [0.717, 1.165) is 31.7 Å². The largest absolute Gasteiger partial charge is 0.496 e. The summed E-state index contributed by atoms with van der Waals surface area (Å²) in [6.45, 7) is 2.13. The molecule has 1 aromatic heterocycles. The highest BCUT2D eigenvalue weighted by molar-refractivity contribution is 5.91. The zero-order chi connectivity index (χ0) is 11.8. The minimum absolute atomic E-state index is 1.00. The first-order valence-electron chi connectivity index (χ1n) is 6.17. The van der Waals surface area contributed by atoms with Crippen molar-refractivity contribution in [3.63, 3.8) is 0 Å². The number of methoxy groups -OCH3 is 1. The Bertz CT molecular complexity index is 557. The molecule has 17 heavy (non-hydrogen) atoms. The van der Waals surface area contributed by atoms with Crippen LogP contribution in [0.25, 0.3) is 10.9 Å². The Hall–Kier alpha value is -1.48. The quantitative estimate of drug-likeness (QED) is 0.809. The summed E-state index contributed by atoms with van der Waals surface area (Å²) in [6.07, 6.45) is 2.19. The molecule has 1 aromatic carbocycles. The van der Waals surface area contributed by atoms with E-state index in [1.807, 2.05) is 0 Å². The second kappa shape index (κ2) is 4.08. The number of ether oxygens (including phenoxy) is 1. The summed E-state index contributed by atoms with van der Waals surface area (Å²) in [5, 5.41) is 4.76. The molecule has 1 N–H and O–H groups in total. The van der Waals surface area contributed by atoms with Gasteiger partial charge in [0.05, 0.1) is 12.6 Å². The maximum atomic E-state index is 5.51. The van der Waals surface area contributed by atoms with Crippen LogP contribution in [0.5, 0.6) is 5.75 Å². The second-order valence-electron chi connectivity index (χ2n) is 4.59. The number of hydrogen-bond donors (Lipinski definition) is 1. The van der Waals surface area contributed by atoms with E-state index >= 15 is 0 Å². The molecule has 1 aliphatic heterocycles. The van der Waals surface area contributed by atoms with E-state index in [4.69, 9.17) is 4.74 Å². The van der Waals surface area contributed by atoms with Crippen molar-refractivity contribution < 1.29 is 4.74 Å². The summed E-state index contributed by atoms with van der Waals surface area (Å²) < 4.78 is 7.83. The van der Waals surface area contributed by atoms with E-state index in [9.17, 15) is 0 Å². The predicted molar refractivity (Wildman–Crippen MR) is 69.7 cm³/mol. The molecule has 0 spiro atoms. The van der Waals surface area contributed by atoms with Gasteiger partial charge in [0.15, 0.2) is 0 Å². The van der Waals surface area contributed by atoms with Crippen molar-refractivity contribution in [3.8, 4) is 5.75 Å². The normalized spacial score (nSPS) is 15.6. The van der Waals surface area contributed by atoms with Crippen LogP contribution in [0.3, 0.4) is 0 Å². The van der Waals surface area contributed by atoms with E-state index in [1.165, 1.54) is 22.2 Å². The zero-order valence-corrected chi connectivity index (χ0v) is 10.4. The summed E-state index contributed by atoms with van der Waals surface area (Å²) in [5.74, 6) is 1.00. The summed E-state index contributed by atoms with van der Waals surface area (Å²) in [4.78, 5) is 0. The molecule has 0 amide bonds. The van der Waals surface area contributed by atoms with Crippen molar-refractivity contribution in [3.05, 3.63) is 29.5 Å². The molecule has 2 heterocycles. The molecule has 3 nitrogen and oxygen atoms in total. The number of nitrogens with zero attached hydrogens (tertiary/aromatic N) is 1. The highest BCUT2D eigenvalue weighted by atomic mass is 16.5. The molecule has 90 valence electrons. The summed E-state index contributed by atoms with van der Waals surface area (Å²) in [7, 11) is 3.91. The minimum Gasteiger partial charge on any atom is -0.496 e. The second-order valence-corrected chi connectivity index (χ2v) is 4.59. The Morgan fingerprint density at radius 3 is 2.88 bits per heavy atom. The summed E-state index contributed by atoms with van der Waals surface area (Å²) in [5.41, 5.74) is 4.20. The number of fused-ring (bicyclic) bond motifs is 3. The average Bonchev–Trinajstić information content (AvgIpc) is 2.57. The van der Waals surface area contributed by atoms with Crippen molar-refractivity contribution >= 4 is 10.9 Å². The smallest absolute Gasteiger partial charge is 0.128 e. The number of nitrogens with one attached hydrogen (secondary N) is 1. The summed E-state index contributed by atoms with van der Waals surface area (Å²) in [6, 6.07) is 6.31. The molecule has 0 radical (unpaired) electrons. The molecule has 3 heteroatoms. The van der Waals surface area contributed by atoms with Crippen molar-refractivity contribution in [1.82, 2.24) is 9.88 Å². The van der Waals surface area contributed by atoms with Crippen LogP contribution < -0.4 is 10.1 Å². The Morgan fingerprint density at radius 1 is 1.24 bits per heavy atom. The minimum atomic E-state index is 1.00. The molecule has 0 fully saturated rings. The number of benzene rings is 1. The molecule has 0 saturated carbocycles. The Balaban J connectivity index is 2.34. The van der Waals surface area contributed by atoms with Crippen molar-refractivity contribution in [2.24, 2.45) is 7.05 Å². The first-order valence-corrected chi connectivity index (χ1v) is 6.17. The molecule has 1 aliphatic rings. The lowest BCUT2D eigenvalue weighted by molar-refractivity contribution is 0.419. The molecule has 2 aromatic rings. The molecular weight excluding hydrogens is 212 g/mol. The third kappa shape index (κ3) is 1.53. The van der Waals surface area contributed by atoms with Gasteiger partial charge in [-0.05, 0) is 30.7 Å². The van der Waals surface area contributed by atoms with E-state index < -0.39 is 0 Å². The molecule has 0 unspecified atom stereocenters. The van der Waals surface area contributed by atoms with Crippen LogP contribution in [-0.2, 0) is 19.9 Å². The van der Waals surface area contributed by atoms with Crippen molar-refractivity contribution in [2.75, 3.05) is 20.2 Å². The number of hydrogen-bond acceptors (Lipinski definition) is 2. The van der Waals surface area contributed by atoms with Gasteiger partial charge in [0.1, 0.15) is 5.75 Å². The van der Waals surface area contributed by atoms with Gasteiger partial charge in [-0.15, -0.1) is 0 Å². The first-order chi connectivity index (χ1) is 8.33. The van der Waals surface area contributed by atoms with Crippen LogP contribution in [0.2, 0.25) is 0 Å². The summed E-state index contributed by atoms with van der Waals surface area (Å²) >= 11 is 0. The number of aromatic nitrogens is 1. The fourth-order valence-electron chi connectivity index (χ4n) is 2.90. The van der Waals surface area contributed by atoms with Gasteiger partial charge in [-0.1, -0.05) is 6.07 Å². The van der Waals surface area contributed by atoms with Crippen LogP contribution in [0, 0.1) is 0 Å². The number of aryl methyl sites for hydroxylation is 1. The van der Waals surface area contributed by atoms with Gasteiger partial charge in [-0.25, -0.2) is 0 Å². The average molecular weight is 230 g/mol. The monoisotopic (exact) mass is 230 g/mol. The fourth-order valence-corrected chi connectivity index (χ4v) is 2.90. The van der Waals surface area contributed by atoms with Crippen LogP contribution in [0.1, 0.15) is 11.3 Å². The van der Waals surface area contributed by atoms with E-state index in [2.05, 4.69) is 35.1 Å². The lowest BCUT2D eigenvalue weighted by atomic mass is 10.1. The zero-order valence-electron chi connectivity index (χ0n) is 10.4. The Morgan fingerprint density at radius 2 is 2.06 bits per heavy atom. The van der Waals surface area contributed by atoms with Gasteiger partial charge in [-0.3, -0.25) is 0 Å². The van der Waals surface area contributed by atoms with E-state index in [0.29, 0.717) is 0 Å². The highest BCUT2D eigenvalue weighted by Crippen LogP contribution is 2.34. The molecular formula is C14H18N2O. The molecule has 0 bridgehead atoms. The fraction of sp³-hybridized carbons (Fsp3) is 0.429. The van der Waals surface area contributed by atoms with Gasteiger partial charge in [0.2, 0.25) is 0 Å². The van der Waals surface area contributed by atoms with E-state index in [1.54, 1.807) is 7.11 Å². The van der Waals surface area contributed by atoms with Gasteiger partial charge < -0.3 is 14.6 Å². The molecule has 0 atom stereocenters. The lowest BCUT2D eigenvalue weighted by Gasteiger charge is -2.04. The Labute approximate surface area is 101 Å². The molecule has 0 saturated heterocycles. The van der Waals surface area contributed by atoms with E-state index in [-0.39, 0.29) is 0 Å². The Kier molecular flexibility index (Phi) is 2.56. The molecule has 0 aliphatic carbocycles. The van der Waals surface area contributed by atoms with Crippen LogP contribution in [-0.4, -0.2) is 24.8 Å². The van der Waals surface area contributed by atoms with Crippen LogP contribution in [0.4, 0.5) is 0 Å². The van der Waals surface area contributed by atoms with Crippen LogP contribution in [0.15, 0.2) is 18.2 Å². The van der Waals surface area contributed by atoms with Gasteiger partial charge in [-0.2, -0.15) is 0 Å². The van der Waals surface area contributed by atoms with Gasteiger partial charge in [0.25, 0.3) is 0 Å².